The number of allylic oxidation sites excluding steroid dienone is 2. The predicted molar refractivity (Wildman–Crippen MR) is 147 cm³/mol. The molecule has 0 bridgehead atoms. The summed E-state index contributed by atoms with van der Waals surface area (Å²) in [6, 6.07) is 2.95. The van der Waals surface area contributed by atoms with E-state index in [-0.39, 0.29) is 33.7 Å². The summed E-state index contributed by atoms with van der Waals surface area (Å²) in [6.07, 6.45) is 7.97. The van der Waals surface area contributed by atoms with Gasteiger partial charge in [-0.05, 0) is 68.0 Å². The fourth-order valence-electron chi connectivity index (χ4n) is 5.12. The molecule has 1 saturated carbocycles. The molecule has 0 aliphatic heterocycles. The van der Waals surface area contributed by atoms with Crippen molar-refractivity contribution in [3.8, 4) is 0 Å². The van der Waals surface area contributed by atoms with Crippen molar-refractivity contribution < 1.29 is 18.6 Å². The van der Waals surface area contributed by atoms with Crippen LogP contribution < -0.4 is 0 Å². The van der Waals surface area contributed by atoms with Crippen LogP contribution in [0.15, 0.2) is 28.9 Å². The van der Waals surface area contributed by atoms with E-state index in [1.165, 1.54) is 6.92 Å². The first-order valence-electron chi connectivity index (χ1n) is 12.5. The molecule has 1 N–H and O–H groups in total. The molecule has 198 valence electrons. The van der Waals surface area contributed by atoms with Crippen LogP contribution in [0.5, 0.6) is 0 Å². The van der Waals surface area contributed by atoms with Gasteiger partial charge < -0.3 is 9.88 Å². The number of imidazole rings is 1. The van der Waals surface area contributed by atoms with E-state index >= 15 is 4.39 Å². The zero-order chi connectivity index (χ0) is 26.9. The Morgan fingerprint density at radius 3 is 2.59 bits per heavy atom. The molecule has 8 nitrogen and oxygen atoms in total. The minimum atomic E-state index is -0.678. The van der Waals surface area contributed by atoms with Crippen LogP contribution in [0.4, 0.5) is 4.39 Å². The molecule has 0 saturated heterocycles. The van der Waals surface area contributed by atoms with Gasteiger partial charge in [-0.1, -0.05) is 30.3 Å². The number of ketones is 1. The molecule has 1 fully saturated rings. The van der Waals surface area contributed by atoms with Crippen LogP contribution in [-0.2, 0) is 4.79 Å². The summed E-state index contributed by atoms with van der Waals surface area (Å²) in [4.78, 5) is 35.3. The third-order valence-corrected chi connectivity index (χ3v) is 8.41. The Hall–Kier alpha value is -2.50. The second-order valence-corrected chi connectivity index (χ2v) is 13.0. The van der Waals surface area contributed by atoms with Gasteiger partial charge in [-0.2, -0.15) is 0 Å². The molecule has 0 spiro atoms. The number of hydrogen-bond donors (Lipinski definition) is 1. The number of amides is 1. The number of halogens is 1. The number of H-pyrrole nitrogens is 1. The highest BCUT2D eigenvalue weighted by molar-refractivity contribution is 7.39. The van der Waals surface area contributed by atoms with Crippen LogP contribution in [0.2, 0.25) is 0 Å². The molecular formula is C26H34FN5O3P2. The molecule has 37 heavy (non-hydrogen) atoms. The van der Waals surface area contributed by atoms with E-state index < -0.39 is 17.8 Å². The molecule has 3 unspecified atom stereocenters. The Kier molecular flexibility index (Phi) is 8.25. The number of hydrogen-bond acceptors (Lipinski definition) is 6. The minimum Gasteiger partial charge on any atom is -0.340 e. The monoisotopic (exact) mass is 545 g/mol. The summed E-state index contributed by atoms with van der Waals surface area (Å²) < 4.78 is 20.5. The average Bonchev–Trinajstić information content (AvgIpc) is 3.47. The van der Waals surface area contributed by atoms with Gasteiger partial charge in [0.05, 0.1) is 17.5 Å². The molecule has 2 heterocycles. The SMILES string of the molecule is CC/C=C/C(C(C)=O)c1ccc2[nH]c([C@H](C3CCC(P)(P)CC3)N(C)C(=O)c3nonc3C)nc2c1F. The topological polar surface area (TPSA) is 105 Å². The Morgan fingerprint density at radius 2 is 2.00 bits per heavy atom. The van der Waals surface area contributed by atoms with Gasteiger partial charge in [-0.3, -0.25) is 9.59 Å². The van der Waals surface area contributed by atoms with Crippen LogP contribution in [-0.4, -0.2) is 48.8 Å². The number of carbonyl (C=O) groups is 2. The molecular weight excluding hydrogens is 511 g/mol. The molecule has 1 aliphatic carbocycles. The molecule has 1 amide bonds. The van der Waals surface area contributed by atoms with Crippen molar-refractivity contribution in [2.24, 2.45) is 5.92 Å². The van der Waals surface area contributed by atoms with Crippen LogP contribution >= 0.6 is 18.5 Å². The number of rotatable bonds is 8. The maximum atomic E-state index is 15.8. The van der Waals surface area contributed by atoms with Crippen LogP contribution in [0.3, 0.4) is 0 Å². The van der Waals surface area contributed by atoms with Crippen molar-refractivity contribution in [3.05, 3.63) is 52.9 Å². The highest BCUT2D eigenvalue weighted by Gasteiger charge is 2.39. The number of nitrogens with zero attached hydrogens (tertiary/aromatic N) is 4. The zero-order valence-electron chi connectivity index (χ0n) is 21.6. The number of benzene rings is 1. The summed E-state index contributed by atoms with van der Waals surface area (Å²) in [5, 5.41) is 7.54. The fraction of sp³-hybridized carbons (Fsp3) is 0.500. The van der Waals surface area contributed by atoms with Gasteiger partial charge in [-0.25, -0.2) is 14.0 Å². The van der Waals surface area contributed by atoms with Gasteiger partial charge in [0.25, 0.3) is 5.91 Å². The number of carbonyl (C=O) groups excluding carboxylic acids is 2. The number of nitrogens with one attached hydrogen (secondary N) is 1. The maximum Gasteiger partial charge on any atom is 0.278 e. The van der Waals surface area contributed by atoms with Crippen molar-refractivity contribution in [1.29, 1.82) is 0 Å². The maximum absolute atomic E-state index is 15.8. The number of aromatic amines is 1. The third-order valence-electron chi connectivity index (χ3n) is 7.26. The van der Waals surface area contributed by atoms with E-state index in [9.17, 15) is 9.59 Å². The van der Waals surface area contributed by atoms with E-state index in [1.54, 1.807) is 37.1 Å². The fourth-order valence-corrected chi connectivity index (χ4v) is 5.79. The predicted octanol–water partition coefficient (Wildman–Crippen LogP) is 5.48. The molecule has 4 atom stereocenters. The molecule has 1 aliphatic rings. The van der Waals surface area contributed by atoms with Crippen molar-refractivity contribution in [2.45, 2.75) is 69.7 Å². The van der Waals surface area contributed by atoms with Gasteiger partial charge in [0.2, 0.25) is 0 Å². The first-order chi connectivity index (χ1) is 17.5. The summed E-state index contributed by atoms with van der Waals surface area (Å²) in [7, 11) is 7.52. The lowest BCUT2D eigenvalue weighted by molar-refractivity contribution is -0.117. The quantitative estimate of drug-likeness (QED) is 0.297. The van der Waals surface area contributed by atoms with Gasteiger partial charge in [-0.15, -0.1) is 18.5 Å². The first kappa shape index (κ1) is 27.5. The van der Waals surface area contributed by atoms with Crippen molar-refractivity contribution in [3.63, 3.8) is 0 Å². The smallest absolute Gasteiger partial charge is 0.278 e. The lowest BCUT2D eigenvalue weighted by atomic mass is 9.82. The number of aromatic nitrogens is 4. The number of fused-ring (bicyclic) bond motifs is 1. The molecule has 4 rings (SSSR count). The zero-order valence-corrected chi connectivity index (χ0v) is 23.9. The van der Waals surface area contributed by atoms with Crippen LogP contribution in [0.25, 0.3) is 11.0 Å². The summed E-state index contributed by atoms with van der Waals surface area (Å²) >= 11 is 0. The molecule has 0 radical (unpaired) electrons. The first-order valence-corrected chi connectivity index (χ1v) is 13.7. The van der Waals surface area contributed by atoms with E-state index in [1.807, 2.05) is 13.0 Å². The van der Waals surface area contributed by atoms with Crippen molar-refractivity contribution in [1.82, 2.24) is 25.2 Å². The Morgan fingerprint density at radius 1 is 1.30 bits per heavy atom. The third kappa shape index (κ3) is 5.68. The van der Waals surface area contributed by atoms with E-state index in [0.29, 0.717) is 22.6 Å². The highest BCUT2D eigenvalue weighted by Crippen LogP contribution is 2.48. The minimum absolute atomic E-state index is 0.0683. The summed E-state index contributed by atoms with van der Waals surface area (Å²) in [6.45, 7) is 5.09. The second kappa shape index (κ2) is 11.1. The highest BCUT2D eigenvalue weighted by atomic mass is 31.1. The largest absolute Gasteiger partial charge is 0.340 e. The number of Topliss-reactive ketones (excluding diaryl/α,β-unsaturated/α-hetero) is 1. The Bertz CT molecular complexity index is 1320. The van der Waals surface area contributed by atoms with Crippen LogP contribution in [0, 0.1) is 18.7 Å². The van der Waals surface area contributed by atoms with Crippen molar-refractivity contribution in [2.75, 3.05) is 7.05 Å². The van der Waals surface area contributed by atoms with Gasteiger partial charge in [0.15, 0.2) is 11.5 Å². The normalized spacial score (nSPS) is 17.8. The van der Waals surface area contributed by atoms with E-state index in [4.69, 9.17) is 4.63 Å². The van der Waals surface area contributed by atoms with Gasteiger partial charge in [0, 0.05) is 12.6 Å². The molecule has 11 heteroatoms. The standard InChI is InChI=1S/C26H34FN5O3P2/c1-5-6-7-17(15(3)33)18-8-9-19-22(20(18)27)29-24(28-19)23(16-10-12-26(36,37)13-11-16)32(4)25(34)21-14(2)30-35-31-21/h6-9,16-17,23H,5,10-13,36-37H2,1-4H3,(H,28,29)/b7-6+/t17?,23-/m0/s1. The van der Waals surface area contributed by atoms with Crippen LogP contribution in [0.1, 0.15) is 85.5 Å². The summed E-state index contributed by atoms with van der Waals surface area (Å²) in [5.74, 6) is -1.07. The van der Waals surface area contributed by atoms with E-state index in [0.717, 1.165) is 32.1 Å². The summed E-state index contributed by atoms with van der Waals surface area (Å²) in [5.41, 5.74) is 1.53. The number of aryl methyl sites for hydroxylation is 1. The van der Waals surface area contributed by atoms with Crippen molar-refractivity contribution >= 4 is 41.2 Å². The Labute approximate surface area is 220 Å². The second-order valence-electron chi connectivity index (χ2n) is 10.0. The molecule has 3 aromatic rings. The lowest BCUT2D eigenvalue weighted by Gasteiger charge is -2.40. The average molecular weight is 546 g/mol. The van der Waals surface area contributed by atoms with Gasteiger partial charge >= 0.3 is 0 Å². The van der Waals surface area contributed by atoms with Gasteiger partial charge in [0.1, 0.15) is 22.8 Å². The molecule has 1 aromatic carbocycles. The lowest BCUT2D eigenvalue weighted by Crippen LogP contribution is -2.39. The van der Waals surface area contributed by atoms with E-state index in [2.05, 4.69) is 38.8 Å². The molecule has 2 aromatic heterocycles. The Balaban J connectivity index is 1.77.